The van der Waals surface area contributed by atoms with Crippen molar-refractivity contribution < 1.29 is 4.79 Å². The maximum absolute atomic E-state index is 12.0. The Morgan fingerprint density at radius 1 is 1.25 bits per heavy atom. The van der Waals surface area contributed by atoms with Crippen LogP contribution in [0.25, 0.3) is 5.69 Å². The van der Waals surface area contributed by atoms with Gasteiger partial charge < -0.3 is 14.5 Å². The molecule has 0 saturated carbocycles. The number of rotatable bonds is 6. The fourth-order valence-electron chi connectivity index (χ4n) is 2.46. The molecular formula is C17H19N5OS. The van der Waals surface area contributed by atoms with Gasteiger partial charge >= 0.3 is 0 Å². The Hall–Kier alpha value is -2.67. The number of carbonyl (C=O) groups excluding carboxylic acids is 1. The minimum absolute atomic E-state index is 0.000463. The predicted octanol–water partition coefficient (Wildman–Crippen LogP) is 2.17. The second-order valence-electron chi connectivity index (χ2n) is 5.54. The molecule has 1 amide bonds. The first-order valence-corrected chi connectivity index (χ1v) is 8.13. The van der Waals surface area contributed by atoms with Crippen molar-refractivity contribution in [3.8, 4) is 5.69 Å². The minimum Gasteiger partial charge on any atom is -0.355 e. The Kier molecular flexibility index (Phi) is 4.90. The van der Waals surface area contributed by atoms with Gasteiger partial charge in [-0.15, -0.1) is 0 Å². The number of aromatic amines is 1. The molecular weight excluding hydrogens is 322 g/mol. The molecule has 2 N–H and O–H groups in total. The fourth-order valence-corrected chi connectivity index (χ4v) is 2.61. The van der Waals surface area contributed by atoms with E-state index in [1.807, 2.05) is 65.0 Å². The molecule has 0 aliphatic carbocycles. The number of nitrogens with one attached hydrogen (secondary N) is 2. The van der Waals surface area contributed by atoms with E-state index in [4.69, 9.17) is 12.2 Å². The zero-order chi connectivity index (χ0) is 16.9. The largest absolute Gasteiger partial charge is 0.355 e. The van der Waals surface area contributed by atoms with E-state index >= 15 is 0 Å². The minimum atomic E-state index is 0.000463. The van der Waals surface area contributed by atoms with Crippen LogP contribution in [-0.4, -0.2) is 31.8 Å². The molecule has 3 aromatic rings. The van der Waals surface area contributed by atoms with Crippen LogP contribution in [0.5, 0.6) is 0 Å². The van der Waals surface area contributed by atoms with Gasteiger partial charge in [-0.2, -0.15) is 5.10 Å². The normalized spacial score (nSPS) is 10.7. The quantitative estimate of drug-likeness (QED) is 0.675. The van der Waals surface area contributed by atoms with Gasteiger partial charge in [0.1, 0.15) is 5.82 Å². The molecule has 0 bridgehead atoms. The summed E-state index contributed by atoms with van der Waals surface area (Å²) >= 11 is 5.06. The summed E-state index contributed by atoms with van der Waals surface area (Å²) in [6.07, 6.45) is 4.99. The molecule has 0 spiro atoms. The average molecular weight is 341 g/mol. The highest BCUT2D eigenvalue weighted by molar-refractivity contribution is 7.71. The van der Waals surface area contributed by atoms with Crippen LogP contribution in [0.15, 0.2) is 48.8 Å². The lowest BCUT2D eigenvalue weighted by Crippen LogP contribution is -2.27. The maximum Gasteiger partial charge on any atom is 0.224 e. The molecule has 124 valence electrons. The van der Waals surface area contributed by atoms with Crippen LogP contribution in [0.4, 0.5) is 0 Å². The van der Waals surface area contributed by atoms with Crippen molar-refractivity contribution in [2.24, 2.45) is 7.05 Å². The van der Waals surface area contributed by atoms with Gasteiger partial charge in [-0.1, -0.05) is 12.1 Å². The molecule has 2 heterocycles. The van der Waals surface area contributed by atoms with Crippen molar-refractivity contribution in [2.75, 3.05) is 6.54 Å². The van der Waals surface area contributed by atoms with Crippen molar-refractivity contribution in [3.63, 3.8) is 0 Å². The first kappa shape index (κ1) is 16.2. The number of carbonyl (C=O) groups is 1. The summed E-state index contributed by atoms with van der Waals surface area (Å²) in [5, 5.41) is 9.77. The summed E-state index contributed by atoms with van der Waals surface area (Å²) in [6, 6.07) is 11.9. The Morgan fingerprint density at radius 2 is 1.96 bits per heavy atom. The number of hydrogen-bond donors (Lipinski definition) is 2. The van der Waals surface area contributed by atoms with Crippen molar-refractivity contribution in [1.82, 2.24) is 24.6 Å². The monoisotopic (exact) mass is 341 g/mol. The molecule has 24 heavy (non-hydrogen) atoms. The van der Waals surface area contributed by atoms with E-state index in [1.54, 1.807) is 0 Å². The fraction of sp³-hybridized carbons (Fsp3) is 0.235. The Labute approximate surface area is 145 Å². The maximum atomic E-state index is 12.0. The number of H-pyrrole nitrogens is 1. The van der Waals surface area contributed by atoms with E-state index in [-0.39, 0.29) is 5.91 Å². The van der Waals surface area contributed by atoms with Gasteiger partial charge in [-0.25, -0.2) is 0 Å². The molecule has 0 aliphatic heterocycles. The molecule has 1 aromatic carbocycles. The van der Waals surface area contributed by atoms with E-state index in [0.29, 0.717) is 24.2 Å². The summed E-state index contributed by atoms with van der Waals surface area (Å²) in [5.41, 5.74) is 2.07. The third-order valence-electron chi connectivity index (χ3n) is 3.85. The van der Waals surface area contributed by atoms with Gasteiger partial charge in [-0.3, -0.25) is 9.89 Å². The first-order valence-electron chi connectivity index (χ1n) is 7.73. The lowest BCUT2D eigenvalue weighted by atomic mass is 10.1. The van der Waals surface area contributed by atoms with Gasteiger partial charge in [0.05, 0.1) is 6.42 Å². The van der Waals surface area contributed by atoms with Crippen LogP contribution >= 0.6 is 12.2 Å². The van der Waals surface area contributed by atoms with Crippen LogP contribution in [-0.2, 0) is 24.7 Å². The van der Waals surface area contributed by atoms with Crippen molar-refractivity contribution >= 4 is 18.1 Å². The van der Waals surface area contributed by atoms with Crippen LogP contribution in [0, 0.1) is 4.77 Å². The zero-order valence-electron chi connectivity index (χ0n) is 13.4. The Morgan fingerprint density at radius 3 is 2.58 bits per heavy atom. The predicted molar refractivity (Wildman–Crippen MR) is 94.6 cm³/mol. The van der Waals surface area contributed by atoms with Crippen molar-refractivity contribution in [3.05, 3.63) is 65.0 Å². The highest BCUT2D eigenvalue weighted by Crippen LogP contribution is 2.10. The number of amides is 1. The average Bonchev–Trinajstić information content (AvgIpc) is 3.21. The highest BCUT2D eigenvalue weighted by atomic mass is 32.1. The molecule has 7 heteroatoms. The lowest BCUT2D eigenvalue weighted by Gasteiger charge is -2.07. The Bertz CT molecular complexity index is 861. The van der Waals surface area contributed by atoms with Crippen molar-refractivity contribution in [1.29, 1.82) is 0 Å². The number of hydrogen-bond acceptors (Lipinski definition) is 3. The molecule has 0 atom stereocenters. The topological polar surface area (TPSA) is 67.6 Å². The molecule has 0 radical (unpaired) electrons. The smallest absolute Gasteiger partial charge is 0.224 e. The third-order valence-corrected chi connectivity index (χ3v) is 4.21. The van der Waals surface area contributed by atoms with E-state index in [9.17, 15) is 4.79 Å². The molecule has 2 aromatic heterocycles. The van der Waals surface area contributed by atoms with E-state index in [2.05, 4.69) is 15.5 Å². The van der Waals surface area contributed by atoms with Gasteiger partial charge in [0, 0.05) is 38.1 Å². The number of benzene rings is 1. The van der Waals surface area contributed by atoms with E-state index in [0.717, 1.165) is 17.1 Å². The summed E-state index contributed by atoms with van der Waals surface area (Å²) in [4.78, 5) is 12.0. The lowest BCUT2D eigenvalue weighted by molar-refractivity contribution is -0.120. The van der Waals surface area contributed by atoms with Crippen LogP contribution in [0.3, 0.4) is 0 Å². The first-order chi connectivity index (χ1) is 11.6. The van der Waals surface area contributed by atoms with Crippen molar-refractivity contribution in [2.45, 2.75) is 12.8 Å². The molecule has 0 saturated heterocycles. The number of nitrogens with zero attached hydrogens (tertiary/aromatic N) is 3. The standard InChI is InChI=1S/C17H19N5OS/c1-21-15(19-20-17(21)24)8-9-18-16(23)12-13-4-6-14(7-5-13)22-10-2-3-11-22/h2-7,10-11H,8-9,12H2,1H3,(H,18,23)(H,20,24). The summed E-state index contributed by atoms with van der Waals surface area (Å²) in [5.74, 6) is 0.830. The van der Waals surface area contributed by atoms with Crippen LogP contribution in [0.1, 0.15) is 11.4 Å². The molecule has 3 rings (SSSR count). The van der Waals surface area contributed by atoms with Gasteiger partial charge in [0.15, 0.2) is 4.77 Å². The SMILES string of the molecule is Cn1c(CCNC(=O)Cc2ccc(-n3cccc3)cc2)n[nH]c1=S. The van der Waals surface area contributed by atoms with E-state index < -0.39 is 0 Å². The zero-order valence-corrected chi connectivity index (χ0v) is 14.2. The van der Waals surface area contributed by atoms with Crippen LogP contribution in [0.2, 0.25) is 0 Å². The van der Waals surface area contributed by atoms with Gasteiger partial charge in [-0.05, 0) is 42.0 Å². The molecule has 0 aliphatic rings. The third kappa shape index (κ3) is 3.80. The Balaban J connectivity index is 1.50. The summed E-state index contributed by atoms with van der Waals surface area (Å²) < 4.78 is 4.42. The summed E-state index contributed by atoms with van der Waals surface area (Å²) in [6.45, 7) is 0.535. The second kappa shape index (κ2) is 7.27. The molecule has 6 nitrogen and oxygen atoms in total. The van der Waals surface area contributed by atoms with E-state index in [1.165, 1.54) is 0 Å². The van der Waals surface area contributed by atoms with Gasteiger partial charge in [0.25, 0.3) is 0 Å². The molecule has 0 unspecified atom stereocenters. The summed E-state index contributed by atoms with van der Waals surface area (Å²) in [7, 11) is 1.86. The molecule has 0 fully saturated rings. The second-order valence-corrected chi connectivity index (χ2v) is 5.92. The van der Waals surface area contributed by atoms with Crippen LogP contribution < -0.4 is 5.32 Å². The highest BCUT2D eigenvalue weighted by Gasteiger charge is 2.06. The van der Waals surface area contributed by atoms with Gasteiger partial charge in [0.2, 0.25) is 5.91 Å². The number of aromatic nitrogens is 4.